The van der Waals surface area contributed by atoms with Crippen LogP contribution in [-0.4, -0.2) is 59.6 Å². The molecule has 1 aliphatic heterocycles. The molecule has 5 heteroatoms. The first-order chi connectivity index (χ1) is 13.7. The molecule has 1 heterocycles. The van der Waals surface area contributed by atoms with Gasteiger partial charge in [-0.3, -0.25) is 0 Å². The van der Waals surface area contributed by atoms with E-state index in [1.54, 1.807) is 0 Å². The van der Waals surface area contributed by atoms with Crippen LogP contribution < -0.4 is 0 Å². The van der Waals surface area contributed by atoms with E-state index in [-0.39, 0.29) is 13.2 Å². The summed E-state index contributed by atoms with van der Waals surface area (Å²) in [6.45, 7) is 2.86. The summed E-state index contributed by atoms with van der Waals surface area (Å²) in [5.74, 6) is 0. The van der Waals surface area contributed by atoms with Gasteiger partial charge in [0.15, 0.2) is 0 Å². The number of aliphatic hydroxyl groups excluding tert-OH is 3. The van der Waals surface area contributed by atoms with Gasteiger partial charge in [0.1, 0.15) is 24.4 Å². The van der Waals surface area contributed by atoms with Gasteiger partial charge in [-0.05, 0) is 12.8 Å². The Kier molecular flexibility index (Phi) is 15.9. The molecule has 1 fully saturated rings. The number of hydrogen-bond acceptors (Lipinski definition) is 5. The number of hydrogen-bond donors (Lipinski definition) is 3. The number of allylic oxidation sites excluding steroid dienone is 1. The van der Waals surface area contributed by atoms with Crippen molar-refractivity contribution in [1.82, 2.24) is 0 Å². The first-order valence-corrected chi connectivity index (χ1v) is 11.5. The Hall–Kier alpha value is -0.460. The van der Waals surface area contributed by atoms with Crippen LogP contribution in [0.3, 0.4) is 0 Å². The summed E-state index contributed by atoms with van der Waals surface area (Å²) >= 11 is 0. The lowest BCUT2D eigenvalue weighted by atomic mass is 10.0. The van der Waals surface area contributed by atoms with Crippen LogP contribution in [0.15, 0.2) is 12.2 Å². The molecule has 28 heavy (non-hydrogen) atoms. The van der Waals surface area contributed by atoms with Crippen molar-refractivity contribution in [2.75, 3.05) is 19.8 Å². The average molecular weight is 401 g/mol. The van der Waals surface area contributed by atoms with Crippen molar-refractivity contribution < 1.29 is 24.8 Å². The molecule has 0 aromatic rings. The van der Waals surface area contributed by atoms with Crippen molar-refractivity contribution in [2.45, 2.75) is 115 Å². The predicted molar refractivity (Wildman–Crippen MR) is 113 cm³/mol. The van der Waals surface area contributed by atoms with Crippen LogP contribution in [0.5, 0.6) is 0 Å². The Bertz CT molecular complexity index is 374. The summed E-state index contributed by atoms with van der Waals surface area (Å²) in [7, 11) is 0. The van der Waals surface area contributed by atoms with Crippen molar-refractivity contribution >= 4 is 0 Å². The van der Waals surface area contributed by atoms with Gasteiger partial charge in [0.25, 0.3) is 0 Å². The number of ether oxygens (including phenoxy) is 2. The molecule has 0 spiro atoms. The average Bonchev–Trinajstić information content (AvgIpc) is 3.03. The van der Waals surface area contributed by atoms with Crippen LogP contribution >= 0.6 is 0 Å². The number of aliphatic hydroxyl groups is 3. The highest BCUT2D eigenvalue weighted by Gasteiger charge is 2.39. The monoisotopic (exact) mass is 400 g/mol. The molecule has 1 rings (SSSR count). The molecule has 0 bridgehead atoms. The van der Waals surface area contributed by atoms with Crippen molar-refractivity contribution in [3.05, 3.63) is 12.2 Å². The summed E-state index contributed by atoms with van der Waals surface area (Å²) in [6.07, 6.45) is 17.9. The van der Waals surface area contributed by atoms with E-state index in [9.17, 15) is 15.3 Å². The minimum absolute atomic E-state index is 0.0574. The molecule has 1 saturated heterocycles. The molecule has 0 radical (unpaired) electrons. The highest BCUT2D eigenvalue weighted by atomic mass is 16.5. The lowest BCUT2D eigenvalue weighted by molar-refractivity contribution is -0.0782. The maximum Gasteiger partial charge on any atom is 0.114 e. The second kappa shape index (κ2) is 17.4. The zero-order valence-corrected chi connectivity index (χ0v) is 17.9. The van der Waals surface area contributed by atoms with Gasteiger partial charge in [-0.15, -0.1) is 0 Å². The highest BCUT2D eigenvalue weighted by molar-refractivity contribution is 4.88. The minimum atomic E-state index is -1.04. The predicted octanol–water partition coefficient (Wildman–Crippen LogP) is 4.13. The van der Waals surface area contributed by atoms with E-state index in [1.165, 1.54) is 77.0 Å². The van der Waals surface area contributed by atoms with Gasteiger partial charge in [0, 0.05) is 0 Å². The van der Waals surface area contributed by atoms with E-state index in [0.29, 0.717) is 6.61 Å². The fourth-order valence-corrected chi connectivity index (χ4v) is 3.61. The van der Waals surface area contributed by atoms with E-state index >= 15 is 0 Å². The summed E-state index contributed by atoms with van der Waals surface area (Å²) < 4.78 is 10.6. The zero-order valence-electron chi connectivity index (χ0n) is 17.9. The third-order valence-corrected chi connectivity index (χ3v) is 5.46. The second-order valence-corrected chi connectivity index (χ2v) is 8.11. The van der Waals surface area contributed by atoms with Gasteiger partial charge in [-0.2, -0.15) is 0 Å². The normalized spacial score (nSPS) is 23.6. The topological polar surface area (TPSA) is 79.2 Å². The third kappa shape index (κ3) is 12.2. The van der Waals surface area contributed by atoms with Gasteiger partial charge in [0.05, 0.1) is 19.8 Å². The molecule has 3 N–H and O–H groups in total. The summed E-state index contributed by atoms with van der Waals surface area (Å²) in [5.41, 5.74) is 0. The molecule has 0 unspecified atom stereocenters. The first-order valence-electron chi connectivity index (χ1n) is 11.5. The molecule has 5 nitrogen and oxygen atoms in total. The summed E-state index contributed by atoms with van der Waals surface area (Å²) in [4.78, 5) is 0. The van der Waals surface area contributed by atoms with E-state index in [1.807, 2.05) is 6.08 Å². The SMILES string of the molecule is CCCCCCCCCCCCCC/C=C/COC[C@@H](O)[C@H]1OC[C@H](O)[C@H]1O. The van der Waals surface area contributed by atoms with E-state index in [4.69, 9.17) is 9.47 Å². The molecule has 1 aliphatic rings. The highest BCUT2D eigenvalue weighted by Crippen LogP contribution is 2.17. The molecule has 0 aromatic carbocycles. The number of unbranched alkanes of at least 4 members (excludes halogenated alkanes) is 12. The van der Waals surface area contributed by atoms with Crippen LogP contribution in [0.4, 0.5) is 0 Å². The van der Waals surface area contributed by atoms with Crippen molar-refractivity contribution in [3.8, 4) is 0 Å². The van der Waals surface area contributed by atoms with Gasteiger partial charge in [-0.1, -0.05) is 89.7 Å². The fourth-order valence-electron chi connectivity index (χ4n) is 3.61. The van der Waals surface area contributed by atoms with E-state index in [2.05, 4.69) is 13.0 Å². The molecule has 4 atom stereocenters. The first kappa shape index (κ1) is 25.6. The van der Waals surface area contributed by atoms with Crippen LogP contribution in [0, 0.1) is 0 Å². The summed E-state index contributed by atoms with van der Waals surface area (Å²) in [6, 6.07) is 0. The maximum atomic E-state index is 9.92. The molecular formula is C23H44O5. The Morgan fingerprint density at radius 2 is 1.46 bits per heavy atom. The molecule has 0 aliphatic carbocycles. The van der Waals surface area contributed by atoms with E-state index in [0.717, 1.165) is 6.42 Å². The maximum absolute atomic E-state index is 9.92. The Balaban J connectivity index is 1.81. The minimum Gasteiger partial charge on any atom is -0.388 e. The standard InChI is InChI=1S/C23H44O5/c1-2-3-4-5-6-7-8-9-10-11-12-13-14-15-16-17-27-18-21(25)23-22(26)20(24)19-28-23/h15-16,20-26H,2-14,17-19H2,1H3/b16-15+/t20-,21+,22+,23+/m0/s1. The molecule has 0 saturated carbocycles. The summed E-state index contributed by atoms with van der Waals surface area (Å²) in [5, 5.41) is 29.0. The molecular weight excluding hydrogens is 356 g/mol. The molecule has 0 aromatic heterocycles. The van der Waals surface area contributed by atoms with Gasteiger partial charge < -0.3 is 24.8 Å². The Morgan fingerprint density at radius 1 is 0.893 bits per heavy atom. The molecule has 0 amide bonds. The van der Waals surface area contributed by atoms with Gasteiger partial charge in [-0.25, -0.2) is 0 Å². The quantitative estimate of drug-likeness (QED) is 0.238. The van der Waals surface area contributed by atoms with Crippen LogP contribution in [-0.2, 0) is 9.47 Å². The molecule has 166 valence electrons. The fraction of sp³-hybridized carbons (Fsp3) is 0.913. The lowest BCUT2D eigenvalue weighted by Gasteiger charge is -2.20. The smallest absolute Gasteiger partial charge is 0.114 e. The largest absolute Gasteiger partial charge is 0.388 e. The zero-order chi connectivity index (χ0) is 20.5. The van der Waals surface area contributed by atoms with Crippen molar-refractivity contribution in [3.63, 3.8) is 0 Å². The Labute approximate surface area is 172 Å². The van der Waals surface area contributed by atoms with Gasteiger partial charge >= 0.3 is 0 Å². The third-order valence-electron chi connectivity index (χ3n) is 5.46. The Morgan fingerprint density at radius 3 is 2.00 bits per heavy atom. The van der Waals surface area contributed by atoms with Crippen molar-refractivity contribution in [2.24, 2.45) is 0 Å². The van der Waals surface area contributed by atoms with E-state index < -0.39 is 24.4 Å². The van der Waals surface area contributed by atoms with Crippen LogP contribution in [0.2, 0.25) is 0 Å². The number of rotatable bonds is 18. The van der Waals surface area contributed by atoms with Gasteiger partial charge in [0.2, 0.25) is 0 Å². The second-order valence-electron chi connectivity index (χ2n) is 8.11. The van der Waals surface area contributed by atoms with Crippen LogP contribution in [0.25, 0.3) is 0 Å². The van der Waals surface area contributed by atoms with Crippen molar-refractivity contribution in [1.29, 1.82) is 0 Å². The lowest BCUT2D eigenvalue weighted by Crippen LogP contribution is -2.40. The van der Waals surface area contributed by atoms with Crippen LogP contribution in [0.1, 0.15) is 90.4 Å².